The number of esters is 2. The number of nitrogens with zero attached hydrogens (tertiary/aromatic N) is 4. The van der Waals surface area contributed by atoms with E-state index in [1.807, 2.05) is 0 Å². The molecule has 60 heavy (non-hydrogen) atoms. The van der Waals surface area contributed by atoms with Crippen molar-refractivity contribution in [3.05, 3.63) is 69.7 Å². The summed E-state index contributed by atoms with van der Waals surface area (Å²) in [6, 6.07) is 8.67. The van der Waals surface area contributed by atoms with Crippen LogP contribution < -0.4 is 10.6 Å². The molecule has 2 amide bonds. The molecule has 4 N–H and O–H groups in total. The molecule has 0 aliphatic rings. The van der Waals surface area contributed by atoms with Crippen LogP contribution >= 0.6 is 47.1 Å². The van der Waals surface area contributed by atoms with E-state index in [0.717, 1.165) is 0 Å². The van der Waals surface area contributed by atoms with Crippen LogP contribution in [0.1, 0.15) is 73.6 Å². The molecule has 0 unspecified atom stereocenters. The smallest absolute Gasteiger partial charge is 0.410 e. The van der Waals surface area contributed by atoms with Gasteiger partial charge in [0.2, 0.25) is 0 Å². The molecule has 0 bridgehead atoms. The van der Waals surface area contributed by atoms with Gasteiger partial charge in [-0.15, -0.1) is 22.7 Å². The molecule has 4 rings (SSSR count). The number of thiazole rings is 2. The summed E-state index contributed by atoms with van der Waals surface area (Å²) >= 11 is 13.6. The van der Waals surface area contributed by atoms with Crippen molar-refractivity contribution in [2.24, 2.45) is 0 Å². The van der Waals surface area contributed by atoms with E-state index in [9.17, 15) is 29.4 Å². The predicted octanol–water partition coefficient (Wildman–Crippen LogP) is 6.62. The Labute approximate surface area is 366 Å². The molecule has 0 atom stereocenters. The van der Waals surface area contributed by atoms with Crippen molar-refractivity contribution < 1.29 is 48.3 Å². The molecular weight excluding hydrogens is 853 g/mol. The number of aromatic hydroxyl groups is 2. The molecule has 2 aromatic heterocycles. The number of hydrogen-bond acceptors (Lipinski definition) is 16. The van der Waals surface area contributed by atoms with Crippen LogP contribution in [-0.4, -0.2) is 129 Å². The molecule has 16 nitrogen and oxygen atoms in total. The molecule has 0 aliphatic carbocycles. The first-order chi connectivity index (χ1) is 28.2. The molecular formula is C40H48N6O10S4. The van der Waals surface area contributed by atoms with Gasteiger partial charge in [0.05, 0.1) is 36.5 Å². The maximum atomic E-state index is 13.4. The van der Waals surface area contributed by atoms with Gasteiger partial charge >= 0.3 is 24.1 Å². The Morgan fingerprint density at radius 3 is 1.35 bits per heavy atom. The summed E-state index contributed by atoms with van der Waals surface area (Å²) in [6.07, 6.45) is -1.20. The second-order valence-electron chi connectivity index (χ2n) is 15.0. The summed E-state index contributed by atoms with van der Waals surface area (Å²) in [7, 11) is 2.54. The highest BCUT2D eigenvalue weighted by atomic mass is 32.1. The van der Waals surface area contributed by atoms with Crippen LogP contribution in [0.5, 0.6) is 11.5 Å². The number of methoxy groups -OCH3 is 2. The highest BCUT2D eigenvalue weighted by Crippen LogP contribution is 2.34. The lowest BCUT2D eigenvalue weighted by Crippen LogP contribution is -2.48. The summed E-state index contributed by atoms with van der Waals surface area (Å²) in [5.41, 5.74) is 0.462. The Kier molecular flexibility index (Phi) is 16.3. The van der Waals surface area contributed by atoms with Crippen LogP contribution in [0.15, 0.2) is 47.2 Å². The molecule has 2 aromatic carbocycles. The van der Waals surface area contributed by atoms with E-state index in [4.69, 9.17) is 43.4 Å². The van der Waals surface area contributed by atoms with Crippen LogP contribution in [0.4, 0.5) is 9.59 Å². The van der Waals surface area contributed by atoms with Crippen LogP contribution in [0, 0.1) is 0 Å². The fourth-order valence-corrected chi connectivity index (χ4v) is 7.41. The van der Waals surface area contributed by atoms with Crippen molar-refractivity contribution in [2.75, 3.05) is 53.5 Å². The number of carbonyl (C=O) groups excluding carboxylic acids is 4. The monoisotopic (exact) mass is 900 g/mol. The normalized spacial score (nSPS) is 11.3. The van der Waals surface area contributed by atoms with Gasteiger partial charge in [-0.1, -0.05) is 24.4 Å². The molecule has 0 fully saturated rings. The lowest BCUT2D eigenvalue weighted by Gasteiger charge is -2.31. The second-order valence-corrected chi connectivity index (χ2v) is 17.5. The van der Waals surface area contributed by atoms with Gasteiger partial charge in [-0.25, -0.2) is 29.1 Å². The van der Waals surface area contributed by atoms with Crippen molar-refractivity contribution in [1.82, 2.24) is 30.4 Å². The van der Waals surface area contributed by atoms with Gasteiger partial charge in [-0.2, -0.15) is 0 Å². The third kappa shape index (κ3) is 13.5. The zero-order valence-electron chi connectivity index (χ0n) is 34.4. The summed E-state index contributed by atoms with van der Waals surface area (Å²) < 4.78 is 21.0. The minimum atomic E-state index is -0.797. The number of aromatic nitrogens is 2. The first-order valence-electron chi connectivity index (χ1n) is 18.5. The van der Waals surface area contributed by atoms with Gasteiger partial charge in [0.15, 0.2) is 0 Å². The number of amides is 2. The second kappa shape index (κ2) is 20.7. The number of nitrogens with one attached hydrogen (secondary N) is 2. The number of phenols is 2. The standard InChI is InChI=1S/C40H48N6O10S4/c1-39(2,3)55-37(51)45(15-13-41-31(57)27-21-59-33(43-27)25-19-23(35(49)53-7)9-11-29(25)47)17-18-46(38(52)56-40(4,5)6)16-14-42-32(58)28-22-60-34(44-28)26-20-24(36(50)54-8)10-12-30(26)48/h9-12,19-22,47-48H,13-18H2,1-8H3,(H,41,57)(H,42,58). The SMILES string of the molecule is COC(=O)c1ccc(O)c(-c2nc(C(=S)NCCN(CCN(CCNC(=S)c3csc(-c4cc(C(=O)OC)ccc4O)n3)C(=O)OC(C)(C)C)C(=O)OC(C)(C)C)cs2)c1. The van der Waals surface area contributed by atoms with Gasteiger partial charge < -0.3 is 49.6 Å². The molecule has 0 aliphatic heterocycles. The topological polar surface area (TPSA) is 202 Å². The Morgan fingerprint density at radius 2 is 1.02 bits per heavy atom. The van der Waals surface area contributed by atoms with E-state index in [0.29, 0.717) is 42.5 Å². The summed E-state index contributed by atoms with van der Waals surface area (Å²) in [6.45, 7) is 11.4. The first kappa shape index (κ1) is 47.2. The van der Waals surface area contributed by atoms with Crippen molar-refractivity contribution >= 4 is 81.2 Å². The molecule has 0 spiro atoms. The number of ether oxygens (including phenoxy) is 4. The van der Waals surface area contributed by atoms with Crippen molar-refractivity contribution in [3.63, 3.8) is 0 Å². The lowest BCUT2D eigenvalue weighted by atomic mass is 10.1. The van der Waals surface area contributed by atoms with Crippen LogP contribution in [0.2, 0.25) is 0 Å². The van der Waals surface area contributed by atoms with Gasteiger partial charge in [0, 0.05) is 50.0 Å². The fourth-order valence-electron chi connectivity index (χ4n) is 5.18. The zero-order chi connectivity index (χ0) is 44.4. The maximum absolute atomic E-state index is 13.4. The van der Waals surface area contributed by atoms with Gasteiger partial charge in [-0.05, 0) is 77.9 Å². The third-order valence-electron chi connectivity index (χ3n) is 8.05. The molecule has 0 saturated heterocycles. The fraction of sp³-hybridized carbons (Fsp3) is 0.400. The molecule has 0 radical (unpaired) electrons. The average molecular weight is 901 g/mol. The number of benzene rings is 2. The predicted molar refractivity (Wildman–Crippen MR) is 236 cm³/mol. The average Bonchev–Trinajstić information content (AvgIpc) is 3.88. The minimum absolute atomic E-state index is 0.0640. The van der Waals surface area contributed by atoms with Crippen LogP contribution in [-0.2, 0) is 18.9 Å². The molecule has 322 valence electrons. The number of thiocarbonyl (C=S) groups is 2. The van der Waals surface area contributed by atoms with Gasteiger partial charge in [-0.3, -0.25) is 0 Å². The highest BCUT2D eigenvalue weighted by molar-refractivity contribution is 7.81. The summed E-state index contributed by atoms with van der Waals surface area (Å²) in [5.74, 6) is -1.24. The Morgan fingerprint density at radius 1 is 0.650 bits per heavy atom. The largest absolute Gasteiger partial charge is 0.507 e. The van der Waals surface area contributed by atoms with Crippen LogP contribution in [0.3, 0.4) is 0 Å². The summed E-state index contributed by atoms with van der Waals surface area (Å²) in [4.78, 5) is 63.5. The van der Waals surface area contributed by atoms with Crippen LogP contribution in [0.25, 0.3) is 21.1 Å². The maximum Gasteiger partial charge on any atom is 0.410 e. The van der Waals surface area contributed by atoms with Gasteiger partial charge in [0.1, 0.15) is 54.1 Å². The zero-order valence-corrected chi connectivity index (χ0v) is 37.7. The van der Waals surface area contributed by atoms with Gasteiger partial charge in [0.25, 0.3) is 0 Å². The van der Waals surface area contributed by atoms with E-state index in [-0.39, 0.29) is 61.9 Å². The molecule has 0 saturated carbocycles. The van der Waals surface area contributed by atoms with Crippen molar-refractivity contribution in [2.45, 2.75) is 52.7 Å². The number of phenolic OH excluding ortho intramolecular Hbond substituents is 2. The molecule has 20 heteroatoms. The molecule has 4 aromatic rings. The number of hydrogen-bond donors (Lipinski definition) is 4. The van der Waals surface area contributed by atoms with Crippen molar-refractivity contribution in [1.29, 1.82) is 0 Å². The van der Waals surface area contributed by atoms with E-state index in [2.05, 4.69) is 20.6 Å². The molecule has 2 heterocycles. The Bertz CT molecular complexity index is 2060. The number of carbonyl (C=O) groups is 4. The Hall–Kier alpha value is -5.44. The third-order valence-corrected chi connectivity index (χ3v) is 10.5. The quantitative estimate of drug-likeness (QED) is 0.0563. The van der Waals surface area contributed by atoms with E-state index in [1.165, 1.54) is 83.1 Å². The van der Waals surface area contributed by atoms with E-state index in [1.54, 1.807) is 52.3 Å². The van der Waals surface area contributed by atoms with E-state index >= 15 is 0 Å². The van der Waals surface area contributed by atoms with E-state index < -0.39 is 35.3 Å². The summed E-state index contributed by atoms with van der Waals surface area (Å²) in [5, 5.41) is 31.4. The number of rotatable bonds is 15. The Balaban J connectivity index is 1.41. The highest BCUT2D eigenvalue weighted by Gasteiger charge is 2.27. The van der Waals surface area contributed by atoms with Crippen molar-refractivity contribution in [3.8, 4) is 32.6 Å². The minimum Gasteiger partial charge on any atom is -0.507 e. The lowest BCUT2D eigenvalue weighted by molar-refractivity contribution is 0.0140. The first-order valence-corrected chi connectivity index (χ1v) is 21.0.